The number of carbonyl (C=O) groups is 1. The van der Waals surface area contributed by atoms with E-state index in [2.05, 4.69) is 5.32 Å². The first-order chi connectivity index (χ1) is 13.2. The lowest BCUT2D eigenvalue weighted by atomic mass is 9.82. The van der Waals surface area contributed by atoms with Crippen LogP contribution in [-0.4, -0.2) is 31.7 Å². The molecule has 1 amide bonds. The van der Waals surface area contributed by atoms with Crippen LogP contribution in [0.25, 0.3) is 0 Å². The van der Waals surface area contributed by atoms with Gasteiger partial charge in [0.25, 0.3) is 0 Å². The van der Waals surface area contributed by atoms with E-state index in [4.69, 9.17) is 0 Å². The van der Waals surface area contributed by atoms with Crippen LogP contribution in [0.15, 0.2) is 53.4 Å². The van der Waals surface area contributed by atoms with Gasteiger partial charge in [-0.15, -0.1) is 0 Å². The Bertz CT molecular complexity index is 971. The molecule has 1 N–H and O–H groups in total. The number of nitrogens with zero attached hydrogens (tertiary/aromatic N) is 1. The molecular formula is C22H28N2O3S. The molecule has 1 fully saturated rings. The molecule has 1 unspecified atom stereocenters. The molecule has 28 heavy (non-hydrogen) atoms. The Labute approximate surface area is 167 Å². The summed E-state index contributed by atoms with van der Waals surface area (Å²) in [6.45, 7) is 6.76. The molecule has 150 valence electrons. The molecule has 6 heteroatoms. The Morgan fingerprint density at radius 2 is 1.71 bits per heavy atom. The van der Waals surface area contributed by atoms with Crippen molar-refractivity contribution in [2.45, 2.75) is 45.1 Å². The van der Waals surface area contributed by atoms with Gasteiger partial charge in [0.1, 0.15) is 0 Å². The molecule has 0 spiro atoms. The third kappa shape index (κ3) is 4.13. The average molecular weight is 401 g/mol. The molecule has 0 radical (unpaired) electrons. The van der Waals surface area contributed by atoms with E-state index >= 15 is 0 Å². The normalized spacial score (nSPS) is 20.7. The van der Waals surface area contributed by atoms with Crippen molar-refractivity contribution in [1.29, 1.82) is 0 Å². The molecule has 0 saturated carbocycles. The molecule has 0 aromatic heterocycles. The fourth-order valence-corrected chi connectivity index (χ4v) is 5.59. The van der Waals surface area contributed by atoms with E-state index in [1.54, 1.807) is 25.1 Å². The van der Waals surface area contributed by atoms with Crippen molar-refractivity contribution >= 4 is 15.9 Å². The van der Waals surface area contributed by atoms with Gasteiger partial charge in [-0.05, 0) is 56.4 Å². The number of sulfonamides is 1. The maximum Gasteiger partial charge on any atom is 0.243 e. The van der Waals surface area contributed by atoms with Crippen LogP contribution in [0.3, 0.4) is 0 Å². The fourth-order valence-electron chi connectivity index (χ4n) is 3.77. The number of aryl methyl sites for hydroxylation is 2. The van der Waals surface area contributed by atoms with Crippen molar-refractivity contribution in [3.63, 3.8) is 0 Å². The summed E-state index contributed by atoms with van der Waals surface area (Å²) in [4.78, 5) is 13.3. The minimum absolute atomic E-state index is 0.0968. The molecule has 1 saturated heterocycles. The van der Waals surface area contributed by atoms with E-state index in [1.165, 1.54) is 4.31 Å². The number of benzene rings is 2. The van der Waals surface area contributed by atoms with Crippen molar-refractivity contribution in [3.05, 3.63) is 65.2 Å². The van der Waals surface area contributed by atoms with Crippen LogP contribution in [0.5, 0.6) is 0 Å². The number of rotatable bonds is 5. The zero-order valence-electron chi connectivity index (χ0n) is 16.7. The van der Waals surface area contributed by atoms with Crippen LogP contribution in [0.1, 0.15) is 36.5 Å². The van der Waals surface area contributed by atoms with Crippen LogP contribution < -0.4 is 5.32 Å². The summed E-state index contributed by atoms with van der Waals surface area (Å²) >= 11 is 0. The third-order valence-electron chi connectivity index (χ3n) is 5.62. The van der Waals surface area contributed by atoms with Crippen molar-refractivity contribution < 1.29 is 13.2 Å². The van der Waals surface area contributed by atoms with E-state index in [-0.39, 0.29) is 12.5 Å². The van der Waals surface area contributed by atoms with Gasteiger partial charge >= 0.3 is 0 Å². The highest BCUT2D eigenvalue weighted by molar-refractivity contribution is 7.89. The van der Waals surface area contributed by atoms with Gasteiger partial charge in [0.2, 0.25) is 15.9 Å². The van der Waals surface area contributed by atoms with Crippen LogP contribution in [0.4, 0.5) is 0 Å². The van der Waals surface area contributed by atoms with Gasteiger partial charge in [0, 0.05) is 19.6 Å². The van der Waals surface area contributed by atoms with Crippen molar-refractivity contribution in [2.24, 2.45) is 5.41 Å². The first kappa shape index (κ1) is 20.6. The second kappa shape index (κ2) is 8.05. The molecule has 3 rings (SSSR count). The number of hydrogen-bond donors (Lipinski definition) is 1. The Hall–Kier alpha value is -2.18. The van der Waals surface area contributed by atoms with Crippen LogP contribution in [0, 0.1) is 19.3 Å². The molecule has 5 nitrogen and oxygen atoms in total. The lowest BCUT2D eigenvalue weighted by Crippen LogP contribution is -2.51. The molecule has 1 heterocycles. The third-order valence-corrected chi connectivity index (χ3v) is 7.63. The van der Waals surface area contributed by atoms with Crippen LogP contribution >= 0.6 is 0 Å². The van der Waals surface area contributed by atoms with E-state index in [0.717, 1.165) is 16.7 Å². The smallest absolute Gasteiger partial charge is 0.243 e. The zero-order valence-corrected chi connectivity index (χ0v) is 17.6. The first-order valence-electron chi connectivity index (χ1n) is 9.63. The molecule has 1 aliphatic rings. The topological polar surface area (TPSA) is 66.5 Å². The zero-order chi connectivity index (χ0) is 20.4. The van der Waals surface area contributed by atoms with Crippen molar-refractivity contribution in [1.82, 2.24) is 9.62 Å². The summed E-state index contributed by atoms with van der Waals surface area (Å²) in [6, 6.07) is 14.9. The number of nitrogens with one attached hydrogen (secondary N) is 1. The standard InChI is InChI=1S/C22H28N2O3S/c1-17-9-4-6-11-19(17)15-23-21(25)22(3)13-8-14-24(16-22)28(26,27)20-12-7-5-10-18(20)2/h4-7,9-12H,8,13-16H2,1-3H3,(H,23,25). The van der Waals surface area contributed by atoms with E-state index in [0.29, 0.717) is 30.8 Å². The van der Waals surface area contributed by atoms with E-state index in [9.17, 15) is 13.2 Å². The summed E-state index contributed by atoms with van der Waals surface area (Å²) in [6.07, 6.45) is 1.34. The van der Waals surface area contributed by atoms with E-state index in [1.807, 2.05) is 44.2 Å². The lowest BCUT2D eigenvalue weighted by molar-refractivity contribution is -0.132. The molecule has 2 aromatic carbocycles. The average Bonchev–Trinajstić information content (AvgIpc) is 2.67. The number of amides is 1. The second-order valence-electron chi connectivity index (χ2n) is 7.88. The Morgan fingerprint density at radius 3 is 2.39 bits per heavy atom. The highest BCUT2D eigenvalue weighted by Crippen LogP contribution is 2.33. The molecule has 2 aromatic rings. The van der Waals surface area contributed by atoms with Gasteiger partial charge < -0.3 is 5.32 Å². The maximum absolute atomic E-state index is 13.1. The molecule has 0 aliphatic carbocycles. The quantitative estimate of drug-likeness (QED) is 0.836. The number of hydrogen-bond acceptors (Lipinski definition) is 3. The predicted octanol–water partition coefficient (Wildman–Crippen LogP) is 3.41. The summed E-state index contributed by atoms with van der Waals surface area (Å²) in [7, 11) is -3.62. The Morgan fingerprint density at radius 1 is 1.07 bits per heavy atom. The van der Waals surface area contributed by atoms with Crippen molar-refractivity contribution in [3.8, 4) is 0 Å². The fraction of sp³-hybridized carbons (Fsp3) is 0.409. The monoisotopic (exact) mass is 400 g/mol. The molecule has 1 aliphatic heterocycles. The first-order valence-corrected chi connectivity index (χ1v) is 11.1. The SMILES string of the molecule is Cc1ccccc1CNC(=O)C1(C)CCCN(S(=O)(=O)c2ccccc2C)C1. The Balaban J connectivity index is 1.75. The summed E-state index contributed by atoms with van der Waals surface area (Å²) in [5, 5.41) is 3.01. The lowest BCUT2D eigenvalue weighted by Gasteiger charge is -2.38. The minimum Gasteiger partial charge on any atom is -0.352 e. The van der Waals surface area contributed by atoms with Gasteiger partial charge in [-0.25, -0.2) is 8.42 Å². The van der Waals surface area contributed by atoms with Crippen molar-refractivity contribution in [2.75, 3.05) is 13.1 Å². The minimum atomic E-state index is -3.62. The summed E-state index contributed by atoms with van der Waals surface area (Å²) in [5.74, 6) is -0.0968. The van der Waals surface area contributed by atoms with Gasteiger partial charge in [-0.3, -0.25) is 4.79 Å². The summed E-state index contributed by atoms with van der Waals surface area (Å²) in [5.41, 5.74) is 2.18. The predicted molar refractivity (Wildman–Crippen MR) is 110 cm³/mol. The second-order valence-corrected chi connectivity index (χ2v) is 9.78. The highest BCUT2D eigenvalue weighted by atomic mass is 32.2. The largest absolute Gasteiger partial charge is 0.352 e. The molecular weight excluding hydrogens is 372 g/mol. The van der Waals surface area contributed by atoms with Gasteiger partial charge in [0.15, 0.2) is 0 Å². The number of carbonyl (C=O) groups excluding carboxylic acids is 1. The Kier molecular flexibility index (Phi) is 5.91. The molecule has 0 bridgehead atoms. The van der Waals surface area contributed by atoms with Gasteiger partial charge in [-0.2, -0.15) is 4.31 Å². The van der Waals surface area contributed by atoms with Crippen LogP contribution in [-0.2, 0) is 21.4 Å². The van der Waals surface area contributed by atoms with Gasteiger partial charge in [-0.1, -0.05) is 42.5 Å². The highest BCUT2D eigenvalue weighted by Gasteiger charge is 2.42. The molecule has 1 atom stereocenters. The van der Waals surface area contributed by atoms with Crippen LogP contribution in [0.2, 0.25) is 0 Å². The number of piperidine rings is 1. The maximum atomic E-state index is 13.1. The van der Waals surface area contributed by atoms with Gasteiger partial charge in [0.05, 0.1) is 10.3 Å². The van der Waals surface area contributed by atoms with E-state index < -0.39 is 15.4 Å². The summed E-state index contributed by atoms with van der Waals surface area (Å²) < 4.78 is 27.7.